The molecule has 0 radical (unpaired) electrons. The van der Waals surface area contributed by atoms with Crippen LogP contribution in [0.3, 0.4) is 0 Å². The highest BCUT2D eigenvalue weighted by Gasteiger charge is 2.26. The zero-order chi connectivity index (χ0) is 13.1. The lowest BCUT2D eigenvalue weighted by molar-refractivity contribution is -0.142. The van der Waals surface area contributed by atoms with Crippen LogP contribution in [-0.2, 0) is 11.4 Å². The van der Waals surface area contributed by atoms with Crippen molar-refractivity contribution < 1.29 is 19.4 Å². The quantitative estimate of drug-likeness (QED) is 0.859. The molecule has 1 saturated heterocycles. The van der Waals surface area contributed by atoms with Crippen LogP contribution in [0.15, 0.2) is 18.2 Å². The molecule has 0 aromatic heterocycles. The number of hydrogen-bond donors (Lipinski definition) is 2. The second-order valence-electron chi connectivity index (χ2n) is 4.51. The molecule has 5 heteroatoms. The number of aliphatic carboxylic acids is 1. The molecule has 1 heterocycles. The number of aliphatic hydroxyl groups is 1. The van der Waals surface area contributed by atoms with Crippen molar-refractivity contribution in [2.75, 3.05) is 18.0 Å². The second kappa shape index (κ2) is 5.35. The van der Waals surface area contributed by atoms with Crippen molar-refractivity contribution in [3.8, 4) is 0 Å². The summed E-state index contributed by atoms with van der Waals surface area (Å²) in [4.78, 5) is 12.7. The first kappa shape index (κ1) is 12.8. The number of anilines is 1. The standard InChI is InChI=1S/C13H16FNO3/c14-12-10(8-16)2-1-3-11(12)15-6-4-9(5-7-15)13(17)18/h1-3,9,16H,4-8H2,(H,17,18). The fourth-order valence-electron chi connectivity index (χ4n) is 2.30. The second-order valence-corrected chi connectivity index (χ2v) is 4.51. The van der Waals surface area contributed by atoms with E-state index < -0.39 is 11.8 Å². The highest BCUT2D eigenvalue weighted by Crippen LogP contribution is 2.27. The Balaban J connectivity index is 2.12. The largest absolute Gasteiger partial charge is 0.481 e. The van der Waals surface area contributed by atoms with Crippen LogP contribution in [0.2, 0.25) is 0 Å². The van der Waals surface area contributed by atoms with Crippen LogP contribution in [0, 0.1) is 11.7 Å². The lowest BCUT2D eigenvalue weighted by Gasteiger charge is -2.32. The van der Waals surface area contributed by atoms with Gasteiger partial charge in [0.25, 0.3) is 0 Å². The van der Waals surface area contributed by atoms with Gasteiger partial charge in [-0.25, -0.2) is 4.39 Å². The molecule has 0 amide bonds. The average Bonchev–Trinajstić information content (AvgIpc) is 2.39. The lowest BCUT2D eigenvalue weighted by Crippen LogP contribution is -2.36. The Morgan fingerprint density at radius 3 is 2.61 bits per heavy atom. The summed E-state index contributed by atoms with van der Waals surface area (Å²) >= 11 is 0. The Kier molecular flexibility index (Phi) is 3.81. The van der Waals surface area contributed by atoms with Crippen molar-refractivity contribution in [1.82, 2.24) is 0 Å². The van der Waals surface area contributed by atoms with Gasteiger partial charge in [-0.15, -0.1) is 0 Å². The van der Waals surface area contributed by atoms with E-state index >= 15 is 0 Å². The van der Waals surface area contributed by atoms with Gasteiger partial charge >= 0.3 is 5.97 Å². The number of piperidine rings is 1. The molecule has 4 nitrogen and oxygen atoms in total. The predicted molar refractivity (Wildman–Crippen MR) is 64.9 cm³/mol. The van der Waals surface area contributed by atoms with E-state index in [1.54, 1.807) is 18.2 Å². The van der Waals surface area contributed by atoms with E-state index in [1.165, 1.54) is 0 Å². The van der Waals surface area contributed by atoms with Crippen molar-refractivity contribution in [2.45, 2.75) is 19.4 Å². The molecule has 18 heavy (non-hydrogen) atoms. The Bertz CT molecular complexity index is 442. The summed E-state index contributed by atoms with van der Waals surface area (Å²) < 4.78 is 14.0. The molecule has 1 aliphatic heterocycles. The first-order valence-electron chi connectivity index (χ1n) is 5.99. The lowest BCUT2D eigenvalue weighted by atomic mass is 9.96. The van der Waals surface area contributed by atoms with Crippen LogP contribution in [0.25, 0.3) is 0 Å². The van der Waals surface area contributed by atoms with Gasteiger partial charge < -0.3 is 15.1 Å². The zero-order valence-corrected chi connectivity index (χ0v) is 9.97. The van der Waals surface area contributed by atoms with E-state index in [-0.39, 0.29) is 18.1 Å². The third kappa shape index (κ3) is 2.46. The maximum absolute atomic E-state index is 14.0. The Morgan fingerprint density at radius 2 is 2.06 bits per heavy atom. The summed E-state index contributed by atoms with van der Waals surface area (Å²) in [6, 6.07) is 4.91. The minimum absolute atomic E-state index is 0.271. The van der Waals surface area contributed by atoms with Gasteiger partial charge in [0.1, 0.15) is 0 Å². The van der Waals surface area contributed by atoms with Crippen molar-refractivity contribution in [2.24, 2.45) is 5.92 Å². The molecule has 0 saturated carbocycles. The average molecular weight is 253 g/mol. The topological polar surface area (TPSA) is 60.8 Å². The summed E-state index contributed by atoms with van der Waals surface area (Å²) in [6.45, 7) is 0.733. The molecule has 0 unspecified atom stereocenters. The van der Waals surface area contributed by atoms with Crippen molar-refractivity contribution in [1.29, 1.82) is 0 Å². The maximum atomic E-state index is 14.0. The molecule has 0 bridgehead atoms. The minimum atomic E-state index is -0.778. The molecular formula is C13H16FNO3. The van der Waals surface area contributed by atoms with Crippen LogP contribution < -0.4 is 4.90 Å². The normalized spacial score (nSPS) is 16.9. The summed E-state index contributed by atoms with van der Waals surface area (Å²) in [5.74, 6) is -1.52. The van der Waals surface area contributed by atoms with Crippen LogP contribution in [0.1, 0.15) is 18.4 Å². The highest BCUT2D eigenvalue weighted by molar-refractivity contribution is 5.70. The molecule has 1 aromatic rings. The van der Waals surface area contributed by atoms with Gasteiger partial charge in [-0.2, -0.15) is 0 Å². The van der Waals surface area contributed by atoms with Crippen LogP contribution in [-0.4, -0.2) is 29.3 Å². The van der Waals surface area contributed by atoms with Gasteiger partial charge in [-0.1, -0.05) is 12.1 Å². The first-order chi connectivity index (χ1) is 8.63. The number of halogens is 1. The van der Waals surface area contributed by atoms with Gasteiger partial charge in [-0.05, 0) is 18.9 Å². The van der Waals surface area contributed by atoms with Crippen molar-refractivity contribution in [3.05, 3.63) is 29.6 Å². The molecular weight excluding hydrogens is 237 g/mol. The number of carbonyl (C=O) groups is 1. The zero-order valence-electron chi connectivity index (χ0n) is 9.97. The summed E-state index contributed by atoms with van der Waals surface area (Å²) in [7, 11) is 0. The number of hydrogen-bond acceptors (Lipinski definition) is 3. The number of benzene rings is 1. The first-order valence-corrected chi connectivity index (χ1v) is 5.99. The monoisotopic (exact) mass is 253 g/mol. The van der Waals surface area contributed by atoms with Crippen molar-refractivity contribution in [3.63, 3.8) is 0 Å². The van der Waals surface area contributed by atoms with E-state index in [0.29, 0.717) is 31.6 Å². The van der Waals surface area contributed by atoms with Gasteiger partial charge in [0, 0.05) is 18.7 Å². The fourth-order valence-corrected chi connectivity index (χ4v) is 2.30. The number of carboxylic acids is 1. The maximum Gasteiger partial charge on any atom is 0.306 e. The molecule has 1 aliphatic rings. The van der Waals surface area contributed by atoms with Gasteiger partial charge in [0.2, 0.25) is 0 Å². The van der Waals surface area contributed by atoms with Gasteiger partial charge in [0.05, 0.1) is 18.2 Å². The van der Waals surface area contributed by atoms with Crippen LogP contribution in [0.4, 0.5) is 10.1 Å². The molecule has 98 valence electrons. The Hall–Kier alpha value is -1.62. The van der Waals surface area contributed by atoms with Crippen LogP contribution >= 0.6 is 0 Å². The summed E-state index contributed by atoms with van der Waals surface area (Å²) in [5, 5.41) is 17.9. The smallest absolute Gasteiger partial charge is 0.306 e. The molecule has 1 fully saturated rings. The third-order valence-electron chi connectivity index (χ3n) is 3.41. The van der Waals surface area contributed by atoms with Crippen molar-refractivity contribution >= 4 is 11.7 Å². The number of aliphatic hydroxyl groups excluding tert-OH is 1. The predicted octanol–water partition coefficient (Wildman–Crippen LogP) is 1.62. The number of carboxylic acid groups (broad SMARTS) is 1. The molecule has 0 spiro atoms. The van der Waals surface area contributed by atoms with E-state index in [9.17, 15) is 9.18 Å². The molecule has 0 atom stereocenters. The molecule has 0 aliphatic carbocycles. The number of nitrogens with zero attached hydrogens (tertiary/aromatic N) is 1. The molecule has 2 rings (SSSR count). The third-order valence-corrected chi connectivity index (χ3v) is 3.41. The summed E-state index contributed by atoms with van der Waals surface area (Å²) in [5.41, 5.74) is 0.721. The van der Waals surface area contributed by atoms with E-state index in [4.69, 9.17) is 10.2 Å². The summed E-state index contributed by atoms with van der Waals surface area (Å²) in [6.07, 6.45) is 1.05. The molecule has 2 N–H and O–H groups in total. The number of rotatable bonds is 3. The molecule has 1 aromatic carbocycles. The Labute approximate surface area is 105 Å². The van der Waals surface area contributed by atoms with Gasteiger partial charge in [-0.3, -0.25) is 4.79 Å². The SMILES string of the molecule is O=C(O)C1CCN(c2cccc(CO)c2F)CC1. The van der Waals surface area contributed by atoms with E-state index in [1.807, 2.05) is 4.90 Å². The van der Waals surface area contributed by atoms with E-state index in [2.05, 4.69) is 0 Å². The Morgan fingerprint density at radius 1 is 1.39 bits per heavy atom. The highest BCUT2D eigenvalue weighted by atomic mass is 19.1. The van der Waals surface area contributed by atoms with Gasteiger partial charge in [0.15, 0.2) is 5.82 Å². The van der Waals surface area contributed by atoms with Crippen LogP contribution in [0.5, 0.6) is 0 Å². The minimum Gasteiger partial charge on any atom is -0.481 e. The fraction of sp³-hybridized carbons (Fsp3) is 0.462. The van der Waals surface area contributed by atoms with E-state index in [0.717, 1.165) is 0 Å².